The molecule has 272 valence electrons. The van der Waals surface area contributed by atoms with Gasteiger partial charge in [0.1, 0.15) is 28.7 Å². The van der Waals surface area contributed by atoms with Crippen molar-refractivity contribution in [3.63, 3.8) is 0 Å². The van der Waals surface area contributed by atoms with Gasteiger partial charge in [-0.15, -0.1) is 0 Å². The SMILES string of the molecule is CC.CC.CCCCNc1cc(OC(C)C)cc(OC(C)C)c1NCc1ccc(O)cc1OCCCNCC.CCc1ccc(C)cc1. The van der Waals surface area contributed by atoms with Crippen LogP contribution in [0.25, 0.3) is 0 Å². The van der Waals surface area contributed by atoms with E-state index >= 15 is 0 Å². The molecule has 0 unspecified atom stereocenters. The molecule has 0 radical (unpaired) electrons. The van der Waals surface area contributed by atoms with E-state index < -0.39 is 0 Å². The summed E-state index contributed by atoms with van der Waals surface area (Å²) >= 11 is 0. The van der Waals surface area contributed by atoms with Crippen molar-refractivity contribution in [2.45, 2.75) is 128 Å². The monoisotopic (exact) mass is 668 g/mol. The third kappa shape index (κ3) is 18.7. The molecule has 0 heterocycles. The average Bonchev–Trinajstić information content (AvgIpc) is 3.07. The summed E-state index contributed by atoms with van der Waals surface area (Å²) in [5.74, 6) is 2.38. The van der Waals surface area contributed by atoms with Crippen molar-refractivity contribution in [3.8, 4) is 23.0 Å². The first-order valence-electron chi connectivity index (χ1n) is 18.4. The van der Waals surface area contributed by atoms with Crippen molar-refractivity contribution in [2.24, 2.45) is 0 Å². The summed E-state index contributed by atoms with van der Waals surface area (Å²) in [4.78, 5) is 0. The zero-order chi connectivity index (χ0) is 36.3. The van der Waals surface area contributed by atoms with E-state index in [1.807, 2.05) is 73.6 Å². The van der Waals surface area contributed by atoms with Gasteiger partial charge in [0.2, 0.25) is 0 Å². The Morgan fingerprint density at radius 1 is 0.729 bits per heavy atom. The first-order chi connectivity index (χ1) is 23.2. The summed E-state index contributed by atoms with van der Waals surface area (Å²) in [6, 6.07) is 17.9. The molecule has 7 nitrogen and oxygen atoms in total. The highest BCUT2D eigenvalue weighted by Crippen LogP contribution is 2.39. The lowest BCUT2D eigenvalue weighted by atomic mass is 10.1. The number of rotatable bonds is 18. The predicted molar refractivity (Wildman–Crippen MR) is 209 cm³/mol. The van der Waals surface area contributed by atoms with Gasteiger partial charge >= 0.3 is 0 Å². The smallest absolute Gasteiger partial charge is 0.148 e. The average molecular weight is 668 g/mol. The predicted octanol–water partition coefficient (Wildman–Crippen LogP) is 10.8. The Kier molecular flexibility index (Phi) is 25.3. The van der Waals surface area contributed by atoms with E-state index in [0.29, 0.717) is 18.9 Å². The van der Waals surface area contributed by atoms with Gasteiger partial charge in [0, 0.05) is 36.9 Å². The van der Waals surface area contributed by atoms with E-state index in [4.69, 9.17) is 14.2 Å². The summed E-state index contributed by atoms with van der Waals surface area (Å²) in [7, 11) is 0. The Bertz CT molecular complexity index is 1210. The molecule has 3 aromatic rings. The lowest BCUT2D eigenvalue weighted by Crippen LogP contribution is -2.17. The molecule has 0 aliphatic heterocycles. The van der Waals surface area contributed by atoms with Crippen LogP contribution in [0.1, 0.15) is 112 Å². The van der Waals surface area contributed by atoms with Gasteiger partial charge in [-0.2, -0.15) is 0 Å². The van der Waals surface area contributed by atoms with Gasteiger partial charge in [-0.25, -0.2) is 0 Å². The minimum Gasteiger partial charge on any atom is -0.508 e. The van der Waals surface area contributed by atoms with Crippen LogP contribution in [-0.4, -0.2) is 43.6 Å². The number of unbranched alkanes of at least 4 members (excludes halogenated alkanes) is 1. The molecule has 4 N–H and O–H groups in total. The van der Waals surface area contributed by atoms with E-state index in [-0.39, 0.29) is 18.0 Å². The molecule has 48 heavy (non-hydrogen) atoms. The number of ether oxygens (including phenoxy) is 3. The van der Waals surface area contributed by atoms with Gasteiger partial charge in [0.05, 0.1) is 24.5 Å². The molecule has 0 saturated carbocycles. The topological polar surface area (TPSA) is 84.0 Å². The molecule has 0 aliphatic rings. The summed E-state index contributed by atoms with van der Waals surface area (Å²) in [5, 5.41) is 20.4. The van der Waals surface area contributed by atoms with Crippen molar-refractivity contribution in [1.82, 2.24) is 5.32 Å². The minimum absolute atomic E-state index is 0.0117. The van der Waals surface area contributed by atoms with E-state index in [1.165, 1.54) is 11.1 Å². The number of aromatic hydroxyl groups is 1. The molecule has 0 saturated heterocycles. The van der Waals surface area contributed by atoms with Crippen LogP contribution >= 0.6 is 0 Å². The number of phenolic OH excluding ortho intramolecular Hbond substituents is 1. The minimum atomic E-state index is 0.0117. The molecule has 0 aliphatic carbocycles. The van der Waals surface area contributed by atoms with Crippen LogP contribution in [0, 0.1) is 6.92 Å². The van der Waals surface area contributed by atoms with Crippen molar-refractivity contribution in [1.29, 1.82) is 0 Å². The van der Waals surface area contributed by atoms with Gasteiger partial charge in [-0.3, -0.25) is 0 Å². The highest BCUT2D eigenvalue weighted by molar-refractivity contribution is 5.78. The van der Waals surface area contributed by atoms with Crippen molar-refractivity contribution in [2.75, 3.05) is 36.9 Å². The van der Waals surface area contributed by atoms with Gasteiger partial charge in [-0.05, 0) is 84.7 Å². The molecule has 3 rings (SSSR count). The zero-order valence-electron chi connectivity index (χ0n) is 32.4. The van der Waals surface area contributed by atoms with Crippen LogP contribution in [-0.2, 0) is 13.0 Å². The molecule has 0 bridgehead atoms. The molecule has 0 fully saturated rings. The van der Waals surface area contributed by atoms with Crippen LogP contribution in [0.3, 0.4) is 0 Å². The quantitative estimate of drug-likeness (QED) is 0.100. The first kappa shape index (κ1) is 44.4. The lowest BCUT2D eigenvalue weighted by Gasteiger charge is -2.22. The van der Waals surface area contributed by atoms with Crippen molar-refractivity contribution >= 4 is 11.4 Å². The number of nitrogens with one attached hydrogen (secondary N) is 3. The largest absolute Gasteiger partial charge is 0.508 e. The fourth-order valence-corrected chi connectivity index (χ4v) is 4.39. The Balaban J connectivity index is 0.00000143. The molecule has 7 heteroatoms. The van der Waals surface area contributed by atoms with Gasteiger partial charge in [-0.1, -0.05) is 84.7 Å². The fourth-order valence-electron chi connectivity index (χ4n) is 4.39. The molecule has 0 aromatic heterocycles. The summed E-state index contributed by atoms with van der Waals surface area (Å²) in [6.45, 7) is 28.4. The van der Waals surface area contributed by atoms with Crippen molar-refractivity contribution < 1.29 is 19.3 Å². The van der Waals surface area contributed by atoms with Crippen LogP contribution in [0.15, 0.2) is 54.6 Å². The standard InChI is InChI=1S/C28H45N3O4.C9H12.2C2H6/c1-7-9-14-30-25-17-24(34-20(3)4)18-27(35-21(5)6)28(25)31-19-22-11-12-23(32)16-26(22)33-15-10-13-29-8-2;1-3-9-6-4-8(2)5-7-9;2*1-2/h11-12,16-18,20-21,29-32H,7-10,13-15,19H2,1-6H3;4-7H,3H2,1-2H3;2*1-2H3. The number of phenols is 1. The molecule has 0 spiro atoms. The van der Waals surface area contributed by atoms with E-state index in [9.17, 15) is 5.11 Å². The maximum Gasteiger partial charge on any atom is 0.148 e. The number of hydrogen-bond acceptors (Lipinski definition) is 7. The highest BCUT2D eigenvalue weighted by Gasteiger charge is 2.16. The Morgan fingerprint density at radius 3 is 1.98 bits per heavy atom. The number of anilines is 2. The molecule has 0 atom stereocenters. The second-order valence-corrected chi connectivity index (χ2v) is 11.5. The third-order valence-corrected chi connectivity index (χ3v) is 6.70. The second kappa shape index (κ2) is 27.4. The molecule has 0 amide bonds. The first-order valence-corrected chi connectivity index (χ1v) is 18.4. The van der Waals surface area contributed by atoms with Gasteiger partial charge < -0.3 is 35.3 Å². The maximum absolute atomic E-state index is 10.0. The van der Waals surface area contributed by atoms with Crippen LogP contribution < -0.4 is 30.2 Å². The summed E-state index contributed by atoms with van der Waals surface area (Å²) in [6.07, 6.45) is 4.28. The summed E-state index contributed by atoms with van der Waals surface area (Å²) < 4.78 is 18.2. The highest BCUT2D eigenvalue weighted by atomic mass is 16.5. The van der Waals surface area contributed by atoms with Crippen molar-refractivity contribution in [3.05, 3.63) is 71.3 Å². The normalized spacial score (nSPS) is 10.1. The van der Waals surface area contributed by atoms with Gasteiger partial charge in [0.15, 0.2) is 0 Å². The van der Waals surface area contributed by atoms with Crippen LogP contribution in [0.2, 0.25) is 0 Å². The number of hydrogen-bond donors (Lipinski definition) is 4. The number of aryl methyl sites for hydroxylation is 2. The van der Waals surface area contributed by atoms with Gasteiger partial charge in [0.25, 0.3) is 0 Å². The number of benzene rings is 3. The molecular weight excluding hydrogens is 598 g/mol. The van der Waals surface area contributed by atoms with E-state index in [2.05, 4.69) is 67.9 Å². The second-order valence-electron chi connectivity index (χ2n) is 11.5. The van der Waals surface area contributed by atoms with E-state index in [0.717, 1.165) is 73.8 Å². The fraction of sp³-hybridized carbons (Fsp3) is 0.561. The van der Waals surface area contributed by atoms with E-state index in [1.54, 1.807) is 12.1 Å². The van der Waals surface area contributed by atoms with Crippen LogP contribution in [0.4, 0.5) is 11.4 Å². The third-order valence-electron chi connectivity index (χ3n) is 6.70. The Labute approximate surface area is 294 Å². The molecule has 3 aromatic carbocycles. The lowest BCUT2D eigenvalue weighted by molar-refractivity contribution is 0.230. The van der Waals surface area contributed by atoms with Crippen LogP contribution in [0.5, 0.6) is 23.0 Å². The molecular formula is C41H69N3O4. The maximum atomic E-state index is 10.0. The Hall–Kier alpha value is -3.58. The summed E-state index contributed by atoms with van der Waals surface area (Å²) in [5.41, 5.74) is 5.55. The Morgan fingerprint density at radius 2 is 1.40 bits per heavy atom. The zero-order valence-corrected chi connectivity index (χ0v) is 32.4.